The van der Waals surface area contributed by atoms with E-state index in [0.29, 0.717) is 10.7 Å². The van der Waals surface area contributed by atoms with Crippen molar-refractivity contribution in [2.45, 2.75) is 13.8 Å². The highest BCUT2D eigenvalue weighted by Gasteiger charge is 2.13. The van der Waals surface area contributed by atoms with Gasteiger partial charge in [-0.25, -0.2) is 9.78 Å². The van der Waals surface area contributed by atoms with Crippen molar-refractivity contribution in [3.63, 3.8) is 0 Å². The molecule has 0 aliphatic heterocycles. The van der Waals surface area contributed by atoms with Crippen molar-refractivity contribution in [1.29, 1.82) is 0 Å². The highest BCUT2D eigenvalue weighted by molar-refractivity contribution is 7.14. The van der Waals surface area contributed by atoms with E-state index in [9.17, 15) is 9.59 Å². The van der Waals surface area contributed by atoms with E-state index >= 15 is 0 Å². The van der Waals surface area contributed by atoms with E-state index in [1.54, 1.807) is 18.2 Å². The maximum atomic E-state index is 12.2. The highest BCUT2D eigenvalue weighted by atomic mass is 32.1. The standard InChI is InChI=1S/C22H23N3O3S/c1-14-8-9-16(10-15(14)2)19-13-29-22(23-19)24-20(26)12-28-21(27)17-6-5-7-18(11-17)25(3)4/h5-11,13H,12H2,1-4H3,(H,23,24,26). The van der Waals surface area contributed by atoms with Crippen molar-refractivity contribution in [2.24, 2.45) is 0 Å². The molecule has 0 saturated carbocycles. The van der Waals surface area contributed by atoms with Crippen LogP contribution in [0, 0.1) is 13.8 Å². The molecular weight excluding hydrogens is 386 g/mol. The maximum absolute atomic E-state index is 12.2. The lowest BCUT2D eigenvalue weighted by atomic mass is 10.1. The number of carbonyl (C=O) groups excluding carboxylic acids is 2. The van der Waals surface area contributed by atoms with Crippen LogP contribution in [0.3, 0.4) is 0 Å². The fourth-order valence-corrected chi connectivity index (χ4v) is 3.38. The molecule has 0 fully saturated rings. The number of aryl methyl sites for hydroxylation is 2. The number of nitrogens with one attached hydrogen (secondary N) is 1. The number of aromatic nitrogens is 1. The first-order valence-electron chi connectivity index (χ1n) is 9.11. The molecule has 1 heterocycles. The van der Waals surface area contributed by atoms with Crippen LogP contribution in [0.25, 0.3) is 11.3 Å². The number of hydrogen-bond donors (Lipinski definition) is 1. The zero-order valence-electron chi connectivity index (χ0n) is 16.9. The normalized spacial score (nSPS) is 10.5. The number of esters is 1. The molecule has 3 aromatic rings. The fraction of sp³-hybridized carbons (Fsp3) is 0.227. The van der Waals surface area contributed by atoms with Gasteiger partial charge in [0.05, 0.1) is 11.3 Å². The van der Waals surface area contributed by atoms with Crippen molar-refractivity contribution in [2.75, 3.05) is 30.9 Å². The summed E-state index contributed by atoms with van der Waals surface area (Å²) in [4.78, 5) is 30.7. The Morgan fingerprint density at radius 2 is 1.90 bits per heavy atom. The van der Waals surface area contributed by atoms with Crippen LogP contribution in [0.2, 0.25) is 0 Å². The van der Waals surface area contributed by atoms with Gasteiger partial charge in [0.15, 0.2) is 11.7 Å². The third-order valence-electron chi connectivity index (χ3n) is 4.49. The molecule has 7 heteroatoms. The van der Waals surface area contributed by atoms with Gasteiger partial charge < -0.3 is 9.64 Å². The molecule has 1 amide bonds. The number of benzene rings is 2. The summed E-state index contributed by atoms with van der Waals surface area (Å²) in [6, 6.07) is 13.2. The second-order valence-electron chi connectivity index (χ2n) is 6.91. The Kier molecular flexibility index (Phi) is 6.29. The lowest BCUT2D eigenvalue weighted by molar-refractivity contribution is -0.119. The number of thiazole rings is 1. The van der Waals surface area contributed by atoms with Crippen LogP contribution >= 0.6 is 11.3 Å². The van der Waals surface area contributed by atoms with Crippen LogP contribution in [-0.2, 0) is 9.53 Å². The van der Waals surface area contributed by atoms with Crippen LogP contribution in [0.1, 0.15) is 21.5 Å². The van der Waals surface area contributed by atoms with E-state index in [2.05, 4.69) is 30.2 Å². The van der Waals surface area contributed by atoms with E-state index in [0.717, 1.165) is 16.9 Å². The first-order valence-corrected chi connectivity index (χ1v) is 9.99. The number of hydrogen-bond acceptors (Lipinski definition) is 6. The number of ether oxygens (including phenoxy) is 1. The van der Waals surface area contributed by atoms with Crippen LogP contribution in [0.5, 0.6) is 0 Å². The molecule has 1 N–H and O–H groups in total. The van der Waals surface area contributed by atoms with Crippen LogP contribution in [0.4, 0.5) is 10.8 Å². The van der Waals surface area contributed by atoms with E-state index in [1.807, 2.05) is 42.6 Å². The van der Waals surface area contributed by atoms with Crippen molar-refractivity contribution in [1.82, 2.24) is 4.98 Å². The lowest BCUT2D eigenvalue weighted by Gasteiger charge is -2.13. The van der Waals surface area contributed by atoms with E-state index in [4.69, 9.17) is 4.74 Å². The number of nitrogens with zero attached hydrogens (tertiary/aromatic N) is 2. The van der Waals surface area contributed by atoms with Crippen LogP contribution < -0.4 is 10.2 Å². The SMILES string of the molecule is Cc1ccc(-c2csc(NC(=O)COC(=O)c3cccc(N(C)C)c3)n2)cc1C. The molecule has 0 spiro atoms. The molecule has 0 aliphatic carbocycles. The largest absolute Gasteiger partial charge is 0.452 e. The van der Waals surface area contributed by atoms with E-state index in [-0.39, 0.29) is 6.61 Å². The van der Waals surface area contributed by atoms with Crippen molar-refractivity contribution < 1.29 is 14.3 Å². The predicted molar refractivity (Wildman–Crippen MR) is 117 cm³/mol. The second-order valence-corrected chi connectivity index (χ2v) is 7.76. The molecule has 0 aliphatic rings. The highest BCUT2D eigenvalue weighted by Crippen LogP contribution is 2.26. The Morgan fingerprint density at radius 3 is 2.62 bits per heavy atom. The van der Waals surface area contributed by atoms with Gasteiger partial charge in [-0.05, 0) is 49.2 Å². The first-order chi connectivity index (χ1) is 13.8. The lowest BCUT2D eigenvalue weighted by Crippen LogP contribution is -2.21. The number of carbonyl (C=O) groups is 2. The van der Waals surface area contributed by atoms with Gasteiger partial charge in [-0.1, -0.05) is 18.2 Å². The zero-order chi connectivity index (χ0) is 21.0. The minimum atomic E-state index is -0.543. The minimum absolute atomic E-state index is 0.371. The molecule has 0 radical (unpaired) electrons. The van der Waals surface area contributed by atoms with Gasteiger partial charge in [0.25, 0.3) is 5.91 Å². The van der Waals surface area contributed by atoms with Gasteiger partial charge in [-0.2, -0.15) is 0 Å². The Hall–Kier alpha value is -3.19. The summed E-state index contributed by atoms with van der Waals surface area (Å²) in [6.45, 7) is 3.74. The molecule has 3 rings (SSSR count). The third-order valence-corrected chi connectivity index (χ3v) is 5.24. The minimum Gasteiger partial charge on any atom is -0.452 e. The Labute approximate surface area is 174 Å². The number of rotatable bonds is 6. The third kappa shape index (κ3) is 5.20. The monoisotopic (exact) mass is 409 g/mol. The van der Waals surface area contributed by atoms with Gasteiger partial charge >= 0.3 is 5.97 Å². The Morgan fingerprint density at radius 1 is 1.10 bits per heavy atom. The molecule has 29 heavy (non-hydrogen) atoms. The molecule has 2 aromatic carbocycles. The van der Waals surface area contributed by atoms with Gasteiger partial charge in [-0.3, -0.25) is 10.1 Å². The van der Waals surface area contributed by atoms with Gasteiger partial charge in [-0.15, -0.1) is 11.3 Å². The summed E-state index contributed by atoms with van der Waals surface area (Å²) in [6.07, 6.45) is 0. The molecule has 0 unspecified atom stereocenters. The summed E-state index contributed by atoms with van der Waals surface area (Å²) in [7, 11) is 3.77. The smallest absolute Gasteiger partial charge is 0.338 e. The van der Waals surface area contributed by atoms with Crippen LogP contribution in [0.15, 0.2) is 47.8 Å². The fourth-order valence-electron chi connectivity index (χ4n) is 2.65. The van der Waals surface area contributed by atoms with E-state index in [1.165, 1.54) is 22.5 Å². The second kappa shape index (κ2) is 8.87. The Bertz CT molecular complexity index is 1040. The Balaban J connectivity index is 1.57. The van der Waals surface area contributed by atoms with Gasteiger partial charge in [0.2, 0.25) is 0 Å². The molecule has 0 saturated heterocycles. The summed E-state index contributed by atoms with van der Waals surface area (Å²) in [5, 5.41) is 5.03. The first kappa shape index (κ1) is 20.5. The van der Waals surface area contributed by atoms with E-state index < -0.39 is 11.9 Å². The number of amides is 1. The summed E-state index contributed by atoms with van der Waals surface area (Å²) >= 11 is 1.33. The summed E-state index contributed by atoms with van der Waals surface area (Å²) in [5.74, 6) is -0.970. The average Bonchev–Trinajstić information content (AvgIpc) is 3.16. The summed E-state index contributed by atoms with van der Waals surface area (Å²) in [5.41, 5.74) is 5.48. The molecular formula is C22H23N3O3S. The quantitative estimate of drug-likeness (QED) is 0.615. The zero-order valence-corrected chi connectivity index (χ0v) is 17.7. The van der Waals surface area contributed by atoms with Crippen molar-refractivity contribution in [3.8, 4) is 11.3 Å². The molecule has 150 valence electrons. The molecule has 0 bridgehead atoms. The maximum Gasteiger partial charge on any atom is 0.338 e. The topological polar surface area (TPSA) is 71.5 Å². The predicted octanol–water partition coefficient (Wildman–Crippen LogP) is 4.29. The average molecular weight is 410 g/mol. The molecule has 0 atom stereocenters. The van der Waals surface area contributed by atoms with Gasteiger partial charge in [0, 0.05) is 30.7 Å². The van der Waals surface area contributed by atoms with Crippen molar-refractivity contribution in [3.05, 3.63) is 64.5 Å². The van der Waals surface area contributed by atoms with Crippen molar-refractivity contribution >= 4 is 34.0 Å². The van der Waals surface area contributed by atoms with Gasteiger partial charge in [0.1, 0.15) is 0 Å². The molecule has 1 aromatic heterocycles. The molecule has 6 nitrogen and oxygen atoms in total. The summed E-state index contributed by atoms with van der Waals surface area (Å²) < 4.78 is 5.12. The number of anilines is 2. The van der Waals surface area contributed by atoms with Crippen LogP contribution in [-0.4, -0.2) is 37.6 Å².